The number of anilines is 1. The van der Waals surface area contributed by atoms with Gasteiger partial charge >= 0.3 is 0 Å². The van der Waals surface area contributed by atoms with Crippen molar-refractivity contribution >= 4 is 11.7 Å². The molecule has 2 rings (SSSR count). The van der Waals surface area contributed by atoms with Crippen molar-refractivity contribution in [1.29, 1.82) is 0 Å². The maximum absolute atomic E-state index is 12.9. The van der Waals surface area contributed by atoms with Crippen LogP contribution in [0.5, 0.6) is 0 Å². The molecule has 18 heavy (non-hydrogen) atoms. The van der Waals surface area contributed by atoms with Gasteiger partial charge in [-0.05, 0) is 6.07 Å². The number of hydrogen-bond donors (Lipinski definition) is 2. The Labute approximate surface area is 103 Å². The lowest BCUT2D eigenvalue weighted by Gasteiger charge is -2.04. The van der Waals surface area contributed by atoms with Crippen molar-refractivity contribution < 1.29 is 9.18 Å². The van der Waals surface area contributed by atoms with Crippen LogP contribution >= 0.6 is 0 Å². The van der Waals surface area contributed by atoms with Crippen LogP contribution < -0.4 is 11.1 Å². The molecule has 0 saturated heterocycles. The summed E-state index contributed by atoms with van der Waals surface area (Å²) in [5.74, 6) is -0.485. The Balaban J connectivity index is 2.03. The monoisotopic (exact) mass is 249 g/mol. The van der Waals surface area contributed by atoms with Crippen LogP contribution in [0.4, 0.5) is 10.2 Å². The van der Waals surface area contributed by atoms with E-state index in [-0.39, 0.29) is 12.1 Å². The molecule has 0 aliphatic rings. The van der Waals surface area contributed by atoms with Gasteiger partial charge in [0.1, 0.15) is 11.6 Å². The average Bonchev–Trinajstić information content (AvgIpc) is 2.67. The molecule has 0 bridgehead atoms. The number of nitrogens with two attached hydrogens (primary N) is 1. The fraction of sp³-hybridized carbons (Fsp3) is 0.182. The number of hydrogen-bond acceptors (Lipinski definition) is 4. The molecule has 2 heterocycles. The lowest BCUT2D eigenvalue weighted by atomic mass is 10.2. The first-order chi connectivity index (χ1) is 8.58. The fourth-order valence-corrected chi connectivity index (χ4v) is 1.44. The fourth-order valence-electron chi connectivity index (χ4n) is 1.44. The minimum Gasteiger partial charge on any atom is -0.384 e. The van der Waals surface area contributed by atoms with Crippen molar-refractivity contribution in [3.05, 3.63) is 41.6 Å². The Morgan fingerprint density at radius 3 is 2.89 bits per heavy atom. The maximum Gasteiger partial charge on any atom is 0.253 e. The summed E-state index contributed by atoms with van der Waals surface area (Å²) in [5, 5.41) is 6.57. The number of aryl methyl sites for hydroxylation is 1. The highest BCUT2D eigenvalue weighted by Crippen LogP contribution is 2.09. The van der Waals surface area contributed by atoms with Crippen molar-refractivity contribution in [2.45, 2.75) is 6.54 Å². The number of carbonyl (C=O) groups is 1. The van der Waals surface area contributed by atoms with E-state index in [4.69, 9.17) is 5.73 Å². The highest BCUT2D eigenvalue weighted by Gasteiger charge is 2.09. The van der Waals surface area contributed by atoms with Gasteiger partial charge in [-0.1, -0.05) is 0 Å². The first-order valence-corrected chi connectivity index (χ1v) is 5.23. The Hall–Kier alpha value is -2.44. The molecule has 6 nitrogen and oxygen atoms in total. The van der Waals surface area contributed by atoms with Crippen molar-refractivity contribution in [3.8, 4) is 0 Å². The van der Waals surface area contributed by atoms with Gasteiger partial charge in [0.05, 0.1) is 18.0 Å². The van der Waals surface area contributed by atoms with E-state index in [1.54, 1.807) is 13.2 Å². The molecule has 0 unspecified atom stereocenters. The number of nitrogens with zero attached hydrogens (tertiary/aromatic N) is 3. The number of nitrogens with one attached hydrogen (secondary N) is 1. The van der Waals surface area contributed by atoms with Crippen molar-refractivity contribution in [3.63, 3.8) is 0 Å². The summed E-state index contributed by atoms with van der Waals surface area (Å²) in [7, 11) is 1.71. The molecule has 0 aliphatic heterocycles. The third kappa shape index (κ3) is 2.45. The first kappa shape index (κ1) is 12.0. The zero-order chi connectivity index (χ0) is 13.1. The minimum absolute atomic E-state index is 0.164. The van der Waals surface area contributed by atoms with E-state index in [2.05, 4.69) is 15.4 Å². The van der Waals surface area contributed by atoms with Crippen molar-refractivity contribution in [2.24, 2.45) is 7.05 Å². The van der Waals surface area contributed by atoms with Gasteiger partial charge in [-0.15, -0.1) is 0 Å². The Kier molecular flexibility index (Phi) is 3.22. The number of rotatable bonds is 3. The summed E-state index contributed by atoms with van der Waals surface area (Å²) in [4.78, 5) is 15.3. The Morgan fingerprint density at radius 2 is 2.28 bits per heavy atom. The Bertz CT molecular complexity index is 581. The van der Waals surface area contributed by atoms with Gasteiger partial charge in [-0.2, -0.15) is 5.10 Å². The number of halogens is 1. The number of pyridine rings is 1. The standard InChI is InChI=1S/C11H12FN5O/c1-17-10(13)8(5-16-17)4-15-11(18)7-2-9(12)6-14-3-7/h2-3,5-6H,4,13H2,1H3,(H,15,18). The van der Waals surface area contributed by atoms with Gasteiger partial charge in [0.2, 0.25) is 0 Å². The SMILES string of the molecule is Cn1ncc(CNC(=O)c2cncc(F)c2)c1N. The summed E-state index contributed by atoms with van der Waals surface area (Å²) in [6.07, 6.45) is 3.90. The lowest BCUT2D eigenvalue weighted by Crippen LogP contribution is -2.23. The molecule has 0 radical (unpaired) electrons. The number of amides is 1. The molecular weight excluding hydrogens is 237 g/mol. The van der Waals surface area contributed by atoms with Crippen LogP contribution in [-0.4, -0.2) is 20.7 Å². The second kappa shape index (κ2) is 4.82. The topological polar surface area (TPSA) is 85.8 Å². The third-order valence-electron chi connectivity index (χ3n) is 2.47. The van der Waals surface area contributed by atoms with Crippen LogP contribution in [-0.2, 0) is 13.6 Å². The van der Waals surface area contributed by atoms with E-state index in [0.29, 0.717) is 11.4 Å². The molecule has 0 spiro atoms. The van der Waals surface area contributed by atoms with Crippen LogP contribution in [0.15, 0.2) is 24.7 Å². The summed E-state index contributed by atoms with van der Waals surface area (Å²) < 4.78 is 14.4. The predicted octanol–water partition coefficient (Wildman–Crippen LogP) is 0.466. The van der Waals surface area contributed by atoms with Gasteiger partial charge in [-0.3, -0.25) is 14.5 Å². The molecule has 0 aliphatic carbocycles. The van der Waals surface area contributed by atoms with E-state index in [0.717, 1.165) is 12.3 Å². The van der Waals surface area contributed by atoms with Crippen LogP contribution in [0.25, 0.3) is 0 Å². The molecule has 3 N–H and O–H groups in total. The van der Waals surface area contributed by atoms with E-state index in [9.17, 15) is 9.18 Å². The van der Waals surface area contributed by atoms with E-state index >= 15 is 0 Å². The molecule has 0 atom stereocenters. The van der Waals surface area contributed by atoms with Crippen LogP contribution in [0, 0.1) is 5.82 Å². The van der Waals surface area contributed by atoms with E-state index in [1.807, 2.05) is 0 Å². The molecule has 2 aromatic rings. The molecule has 1 amide bonds. The van der Waals surface area contributed by atoms with Crippen LogP contribution in [0.2, 0.25) is 0 Å². The zero-order valence-electron chi connectivity index (χ0n) is 9.72. The molecule has 0 aromatic carbocycles. The van der Waals surface area contributed by atoms with Crippen LogP contribution in [0.3, 0.4) is 0 Å². The molecule has 2 aromatic heterocycles. The number of aromatic nitrogens is 3. The third-order valence-corrected chi connectivity index (χ3v) is 2.47. The normalized spacial score (nSPS) is 10.3. The highest BCUT2D eigenvalue weighted by molar-refractivity contribution is 5.93. The zero-order valence-corrected chi connectivity index (χ0v) is 9.72. The van der Waals surface area contributed by atoms with Gasteiger partial charge in [0.25, 0.3) is 5.91 Å². The quantitative estimate of drug-likeness (QED) is 0.827. The second-order valence-corrected chi connectivity index (χ2v) is 3.75. The Morgan fingerprint density at radius 1 is 1.50 bits per heavy atom. The first-order valence-electron chi connectivity index (χ1n) is 5.23. The largest absolute Gasteiger partial charge is 0.384 e. The molecule has 0 saturated carbocycles. The van der Waals surface area contributed by atoms with E-state index in [1.165, 1.54) is 10.9 Å². The highest BCUT2D eigenvalue weighted by atomic mass is 19.1. The van der Waals surface area contributed by atoms with E-state index < -0.39 is 11.7 Å². The second-order valence-electron chi connectivity index (χ2n) is 3.75. The van der Waals surface area contributed by atoms with Crippen molar-refractivity contribution in [2.75, 3.05) is 5.73 Å². The molecule has 0 fully saturated rings. The van der Waals surface area contributed by atoms with Crippen LogP contribution in [0.1, 0.15) is 15.9 Å². The molecular formula is C11H12FN5O. The summed E-state index contributed by atoms with van der Waals surface area (Å²) in [5.41, 5.74) is 6.60. The van der Waals surface area contributed by atoms with Crippen molar-refractivity contribution in [1.82, 2.24) is 20.1 Å². The van der Waals surface area contributed by atoms with Gasteiger partial charge in [0.15, 0.2) is 0 Å². The minimum atomic E-state index is -0.552. The molecule has 7 heteroatoms. The summed E-state index contributed by atoms with van der Waals surface area (Å²) in [6.45, 7) is 0.231. The molecule has 94 valence electrons. The number of carbonyl (C=O) groups excluding carboxylic acids is 1. The van der Waals surface area contributed by atoms with Gasteiger partial charge in [0, 0.05) is 25.4 Å². The average molecular weight is 249 g/mol. The summed E-state index contributed by atoms with van der Waals surface area (Å²) in [6, 6.07) is 1.12. The van der Waals surface area contributed by atoms with Gasteiger partial charge in [-0.25, -0.2) is 4.39 Å². The lowest BCUT2D eigenvalue weighted by molar-refractivity contribution is 0.0950. The predicted molar refractivity (Wildman–Crippen MR) is 63.0 cm³/mol. The maximum atomic E-state index is 12.9. The summed E-state index contributed by atoms with van der Waals surface area (Å²) >= 11 is 0. The number of nitrogen functional groups attached to an aromatic ring is 1. The smallest absolute Gasteiger partial charge is 0.253 e. The van der Waals surface area contributed by atoms with Gasteiger partial charge < -0.3 is 11.1 Å².